The van der Waals surface area contributed by atoms with Crippen molar-refractivity contribution >= 4 is 10.9 Å². The van der Waals surface area contributed by atoms with Crippen LogP contribution in [0.15, 0.2) is 30.5 Å². The highest BCUT2D eigenvalue weighted by atomic mass is 14.9. The Labute approximate surface area is 113 Å². The number of aromatic amines is 1. The van der Waals surface area contributed by atoms with Gasteiger partial charge in [-0.2, -0.15) is 5.26 Å². The molecule has 19 heavy (non-hydrogen) atoms. The molecule has 2 N–H and O–H groups in total. The molecule has 0 unspecified atom stereocenters. The molecule has 1 heterocycles. The molecule has 1 saturated carbocycles. The fourth-order valence-corrected chi connectivity index (χ4v) is 2.82. The van der Waals surface area contributed by atoms with Gasteiger partial charge in [-0.3, -0.25) is 0 Å². The summed E-state index contributed by atoms with van der Waals surface area (Å²) in [7, 11) is 0. The third-order valence-corrected chi connectivity index (χ3v) is 4.26. The highest BCUT2D eigenvalue weighted by Gasteiger charge is 2.36. The lowest BCUT2D eigenvalue weighted by Gasteiger charge is -2.35. The molecule has 0 spiro atoms. The Bertz CT molecular complexity index is 602. The summed E-state index contributed by atoms with van der Waals surface area (Å²) in [6.07, 6.45) is 6.42. The Morgan fingerprint density at radius 3 is 2.89 bits per heavy atom. The number of nitrogens with one attached hydrogen (secondary N) is 2. The molecular weight excluding hydrogens is 234 g/mol. The molecule has 3 nitrogen and oxygen atoms in total. The molecule has 0 atom stereocenters. The highest BCUT2D eigenvalue weighted by Crippen LogP contribution is 2.39. The van der Waals surface area contributed by atoms with Crippen molar-refractivity contribution in [1.29, 1.82) is 5.26 Å². The van der Waals surface area contributed by atoms with Crippen molar-refractivity contribution in [2.45, 2.75) is 25.7 Å². The van der Waals surface area contributed by atoms with Gasteiger partial charge in [0.2, 0.25) is 0 Å². The maximum atomic E-state index is 9.17. The van der Waals surface area contributed by atoms with Gasteiger partial charge in [-0.05, 0) is 37.4 Å². The van der Waals surface area contributed by atoms with Crippen molar-refractivity contribution in [1.82, 2.24) is 10.3 Å². The summed E-state index contributed by atoms with van der Waals surface area (Å²) < 4.78 is 0. The van der Waals surface area contributed by atoms with Crippen LogP contribution in [0, 0.1) is 16.7 Å². The summed E-state index contributed by atoms with van der Waals surface area (Å²) in [5.41, 5.74) is 2.48. The second-order valence-corrected chi connectivity index (χ2v) is 5.53. The number of rotatable bonds is 5. The zero-order valence-electron chi connectivity index (χ0n) is 11.1. The first-order valence-corrected chi connectivity index (χ1v) is 7.00. The van der Waals surface area contributed by atoms with Crippen molar-refractivity contribution in [2.24, 2.45) is 5.41 Å². The third kappa shape index (κ3) is 2.36. The van der Waals surface area contributed by atoms with Gasteiger partial charge in [0, 0.05) is 23.6 Å². The Balaban J connectivity index is 1.54. The Hall–Kier alpha value is -1.79. The lowest BCUT2D eigenvalue weighted by molar-refractivity contribution is 0.208. The van der Waals surface area contributed by atoms with E-state index < -0.39 is 0 Å². The van der Waals surface area contributed by atoms with E-state index in [1.54, 1.807) is 0 Å². The second kappa shape index (κ2) is 5.07. The van der Waals surface area contributed by atoms with Gasteiger partial charge >= 0.3 is 0 Å². The van der Waals surface area contributed by atoms with Crippen LogP contribution in [0.25, 0.3) is 10.9 Å². The van der Waals surface area contributed by atoms with Crippen molar-refractivity contribution in [2.75, 3.05) is 13.1 Å². The van der Waals surface area contributed by atoms with E-state index in [0.29, 0.717) is 0 Å². The van der Waals surface area contributed by atoms with Crippen LogP contribution in [0.1, 0.15) is 24.8 Å². The fraction of sp³-hybridized carbons (Fsp3) is 0.438. The Kier molecular flexibility index (Phi) is 3.27. The van der Waals surface area contributed by atoms with Gasteiger partial charge in [-0.15, -0.1) is 0 Å². The largest absolute Gasteiger partial charge is 0.361 e. The first-order chi connectivity index (χ1) is 9.33. The molecule has 3 heteroatoms. The van der Waals surface area contributed by atoms with Gasteiger partial charge < -0.3 is 10.3 Å². The summed E-state index contributed by atoms with van der Waals surface area (Å²) >= 11 is 0. The molecule has 0 bridgehead atoms. The van der Waals surface area contributed by atoms with Gasteiger partial charge in [0.25, 0.3) is 0 Å². The smallest absolute Gasteiger partial charge is 0.0703 e. The van der Waals surface area contributed by atoms with Crippen LogP contribution in [0.2, 0.25) is 0 Å². The average Bonchev–Trinajstić information content (AvgIpc) is 2.81. The molecule has 1 aromatic heterocycles. The van der Waals surface area contributed by atoms with Gasteiger partial charge in [0.05, 0.1) is 11.5 Å². The van der Waals surface area contributed by atoms with E-state index in [2.05, 4.69) is 40.8 Å². The number of nitrogens with zero attached hydrogens (tertiary/aromatic N) is 1. The van der Waals surface area contributed by atoms with E-state index in [1.165, 1.54) is 22.9 Å². The van der Waals surface area contributed by atoms with E-state index in [0.717, 1.165) is 32.4 Å². The molecule has 0 saturated heterocycles. The first-order valence-electron chi connectivity index (χ1n) is 7.00. The minimum absolute atomic E-state index is 0.0692. The second-order valence-electron chi connectivity index (χ2n) is 5.53. The minimum Gasteiger partial charge on any atom is -0.361 e. The number of hydrogen-bond acceptors (Lipinski definition) is 2. The predicted molar refractivity (Wildman–Crippen MR) is 76.8 cm³/mol. The number of aromatic nitrogens is 1. The number of H-pyrrole nitrogens is 1. The zero-order chi connectivity index (χ0) is 13.1. The topological polar surface area (TPSA) is 51.6 Å². The van der Waals surface area contributed by atoms with Gasteiger partial charge in [0.1, 0.15) is 0 Å². The van der Waals surface area contributed by atoms with Crippen LogP contribution in [0.5, 0.6) is 0 Å². The van der Waals surface area contributed by atoms with E-state index in [9.17, 15) is 0 Å². The van der Waals surface area contributed by atoms with Gasteiger partial charge in [-0.1, -0.05) is 24.6 Å². The van der Waals surface area contributed by atoms with E-state index in [-0.39, 0.29) is 5.41 Å². The van der Waals surface area contributed by atoms with Crippen molar-refractivity contribution in [3.05, 3.63) is 36.0 Å². The van der Waals surface area contributed by atoms with Crippen LogP contribution < -0.4 is 5.32 Å². The van der Waals surface area contributed by atoms with E-state index >= 15 is 0 Å². The van der Waals surface area contributed by atoms with Gasteiger partial charge in [0.15, 0.2) is 0 Å². The number of nitriles is 1. The molecule has 98 valence electrons. The molecule has 1 fully saturated rings. The number of para-hydroxylation sites is 1. The predicted octanol–water partition coefficient (Wildman–Crippen LogP) is 2.99. The molecule has 2 aromatic rings. The summed E-state index contributed by atoms with van der Waals surface area (Å²) in [5.74, 6) is 0. The normalized spacial score (nSPS) is 17.0. The lowest BCUT2D eigenvalue weighted by atomic mass is 9.70. The molecule has 0 amide bonds. The lowest BCUT2D eigenvalue weighted by Crippen LogP contribution is -2.39. The van der Waals surface area contributed by atoms with Crippen LogP contribution in [0.4, 0.5) is 0 Å². The van der Waals surface area contributed by atoms with Crippen LogP contribution in [0.3, 0.4) is 0 Å². The van der Waals surface area contributed by atoms with Crippen LogP contribution in [-0.4, -0.2) is 18.1 Å². The maximum absolute atomic E-state index is 9.17. The number of benzene rings is 1. The molecule has 1 aliphatic rings. The van der Waals surface area contributed by atoms with Crippen LogP contribution >= 0.6 is 0 Å². The Morgan fingerprint density at radius 2 is 2.16 bits per heavy atom. The SMILES string of the molecule is N#CC1(CNCCc2c[nH]c3ccccc23)CCC1. The molecule has 1 aromatic carbocycles. The molecule has 0 aliphatic heterocycles. The first kappa shape index (κ1) is 12.3. The van der Waals surface area contributed by atoms with Crippen molar-refractivity contribution in [3.63, 3.8) is 0 Å². The Morgan fingerprint density at radius 1 is 1.32 bits per heavy atom. The minimum atomic E-state index is -0.0692. The van der Waals surface area contributed by atoms with E-state index in [1.807, 2.05) is 6.07 Å². The van der Waals surface area contributed by atoms with Crippen LogP contribution in [-0.2, 0) is 6.42 Å². The fourth-order valence-electron chi connectivity index (χ4n) is 2.82. The molecular formula is C16H19N3. The molecule has 0 radical (unpaired) electrons. The van der Waals surface area contributed by atoms with Crippen molar-refractivity contribution < 1.29 is 0 Å². The molecule has 3 rings (SSSR count). The van der Waals surface area contributed by atoms with Gasteiger partial charge in [-0.25, -0.2) is 0 Å². The molecule has 1 aliphatic carbocycles. The summed E-state index contributed by atoms with van der Waals surface area (Å²) in [6.45, 7) is 1.77. The average molecular weight is 253 g/mol. The summed E-state index contributed by atoms with van der Waals surface area (Å²) in [4.78, 5) is 3.30. The monoisotopic (exact) mass is 253 g/mol. The zero-order valence-corrected chi connectivity index (χ0v) is 11.1. The summed E-state index contributed by atoms with van der Waals surface area (Å²) in [6, 6.07) is 10.9. The maximum Gasteiger partial charge on any atom is 0.0703 e. The highest BCUT2D eigenvalue weighted by molar-refractivity contribution is 5.83. The number of fused-ring (bicyclic) bond motifs is 1. The quantitative estimate of drug-likeness (QED) is 0.805. The number of hydrogen-bond donors (Lipinski definition) is 2. The van der Waals surface area contributed by atoms with E-state index in [4.69, 9.17) is 5.26 Å². The third-order valence-electron chi connectivity index (χ3n) is 4.26. The standard InChI is InChI=1S/C16H19N3/c17-11-16(7-3-8-16)12-18-9-6-13-10-19-15-5-2-1-4-14(13)15/h1-2,4-5,10,18-19H,3,6-9,12H2. The summed E-state index contributed by atoms with van der Waals surface area (Å²) in [5, 5.41) is 13.9. The van der Waals surface area contributed by atoms with Crippen molar-refractivity contribution in [3.8, 4) is 6.07 Å².